The van der Waals surface area contributed by atoms with Crippen molar-refractivity contribution in [3.05, 3.63) is 14.1 Å². The number of aromatic nitrogens is 1. The lowest BCUT2D eigenvalue weighted by Gasteiger charge is -1.95. The van der Waals surface area contributed by atoms with Gasteiger partial charge in [0, 0.05) is 28.2 Å². The van der Waals surface area contributed by atoms with Crippen LogP contribution in [-0.2, 0) is 0 Å². The molecule has 0 radical (unpaired) electrons. The third kappa shape index (κ3) is 2.80. The van der Waals surface area contributed by atoms with Crippen LogP contribution in [0.2, 0.25) is 0 Å². The zero-order chi connectivity index (χ0) is 8.27. The van der Waals surface area contributed by atoms with Gasteiger partial charge in [-0.3, -0.25) is 10.2 Å². The van der Waals surface area contributed by atoms with Gasteiger partial charge in [-0.05, 0) is 22.6 Å². The number of carbonyl (C=O) groups is 1. The molecule has 0 unspecified atom stereocenters. The molecule has 2 N–H and O–H groups in total. The molecular formula is C4H3I2N3OS. The molecule has 1 amide bonds. The summed E-state index contributed by atoms with van der Waals surface area (Å²) in [6.45, 7) is 0. The van der Waals surface area contributed by atoms with Crippen LogP contribution in [-0.4, -0.2) is 10.9 Å². The highest BCUT2D eigenvalue weighted by molar-refractivity contribution is 14.1. The quantitative estimate of drug-likeness (QED) is 0.452. The molecule has 0 spiro atoms. The Kier molecular flexibility index (Phi) is 3.95. The zero-order valence-electron chi connectivity index (χ0n) is 5.10. The lowest BCUT2D eigenvalue weighted by molar-refractivity contribution is 0.0945. The molecule has 0 saturated carbocycles. The number of nitrogens with zero attached hydrogens (tertiary/aromatic N) is 1. The number of rotatable bonds is 2. The number of hydrazine groups is 1. The molecule has 0 bridgehead atoms. The maximum absolute atomic E-state index is 11.0. The van der Waals surface area contributed by atoms with Crippen molar-refractivity contribution in [2.45, 2.75) is 0 Å². The maximum Gasteiger partial charge on any atom is 0.285 e. The van der Waals surface area contributed by atoms with E-state index in [1.54, 1.807) is 5.38 Å². The summed E-state index contributed by atoms with van der Waals surface area (Å²) in [6, 6.07) is 0. The van der Waals surface area contributed by atoms with Gasteiger partial charge in [0.1, 0.15) is 5.69 Å². The Morgan fingerprint density at radius 2 is 2.45 bits per heavy atom. The number of hydrogen-bond donors (Lipinski definition) is 2. The van der Waals surface area contributed by atoms with Crippen molar-refractivity contribution < 1.29 is 4.79 Å². The Morgan fingerprint density at radius 1 is 1.73 bits per heavy atom. The van der Waals surface area contributed by atoms with E-state index < -0.39 is 0 Å². The molecule has 0 atom stereocenters. The van der Waals surface area contributed by atoms with Gasteiger partial charge in [-0.2, -0.15) is 3.64 Å². The molecule has 0 aliphatic heterocycles. The molecule has 0 aliphatic rings. The second kappa shape index (κ2) is 4.52. The van der Waals surface area contributed by atoms with Crippen LogP contribution >= 0.6 is 56.8 Å². The van der Waals surface area contributed by atoms with Crippen molar-refractivity contribution in [3.8, 4) is 0 Å². The summed E-state index contributed by atoms with van der Waals surface area (Å²) in [5.74, 6) is -0.210. The van der Waals surface area contributed by atoms with Crippen LogP contribution < -0.4 is 9.06 Å². The number of nitrogens with one attached hydrogen (secondary N) is 2. The predicted octanol–water partition coefficient (Wildman–Crippen LogP) is 1.33. The van der Waals surface area contributed by atoms with Crippen LogP contribution in [0, 0.1) is 3.01 Å². The van der Waals surface area contributed by atoms with Crippen LogP contribution in [0.1, 0.15) is 10.5 Å². The topological polar surface area (TPSA) is 54.0 Å². The molecule has 0 aromatic carbocycles. The number of halogens is 2. The van der Waals surface area contributed by atoms with Crippen molar-refractivity contribution in [1.29, 1.82) is 0 Å². The van der Waals surface area contributed by atoms with E-state index in [9.17, 15) is 4.79 Å². The van der Waals surface area contributed by atoms with Crippen LogP contribution in [0.3, 0.4) is 0 Å². The predicted molar refractivity (Wildman–Crippen MR) is 59.5 cm³/mol. The molecule has 0 saturated heterocycles. The minimum atomic E-state index is -0.210. The third-order valence-electron chi connectivity index (χ3n) is 0.870. The van der Waals surface area contributed by atoms with Crippen molar-refractivity contribution in [2.24, 2.45) is 0 Å². The van der Waals surface area contributed by atoms with E-state index in [0.717, 1.165) is 3.01 Å². The number of carbonyl (C=O) groups excluding carboxylic acids is 1. The van der Waals surface area contributed by atoms with Gasteiger partial charge in [-0.1, -0.05) is 0 Å². The number of thiazole rings is 1. The first-order valence-corrected chi connectivity index (χ1v) is 5.54. The molecule has 0 aliphatic carbocycles. The Morgan fingerprint density at radius 3 is 2.91 bits per heavy atom. The molecule has 60 valence electrons. The summed E-state index contributed by atoms with van der Waals surface area (Å²) in [5, 5.41) is 1.71. The van der Waals surface area contributed by atoms with E-state index in [1.165, 1.54) is 11.3 Å². The molecular weight excluding hydrogens is 392 g/mol. The average Bonchev–Trinajstić information content (AvgIpc) is 2.36. The van der Waals surface area contributed by atoms with E-state index in [-0.39, 0.29) is 5.91 Å². The largest absolute Gasteiger partial charge is 0.285 e. The Hall–Kier alpha value is 0.520. The van der Waals surface area contributed by atoms with E-state index in [1.807, 2.05) is 22.9 Å². The van der Waals surface area contributed by atoms with Crippen LogP contribution in [0.15, 0.2) is 5.38 Å². The van der Waals surface area contributed by atoms with Gasteiger partial charge in [0.05, 0.1) is 0 Å². The minimum absolute atomic E-state index is 0.210. The second-order valence-corrected chi connectivity index (χ2v) is 4.69. The first-order chi connectivity index (χ1) is 5.24. The standard InChI is InChI=1S/C4H3I2N3OS/c5-4-7-2(1-11-4)3(10)8-9-6/h1,9H,(H,8,10). The highest BCUT2D eigenvalue weighted by Crippen LogP contribution is 2.11. The lowest BCUT2D eigenvalue weighted by Crippen LogP contribution is -2.30. The minimum Gasteiger partial charge on any atom is -0.277 e. The van der Waals surface area contributed by atoms with Gasteiger partial charge in [0.25, 0.3) is 5.91 Å². The fourth-order valence-electron chi connectivity index (χ4n) is 0.463. The maximum atomic E-state index is 11.0. The molecule has 1 aromatic heterocycles. The molecule has 1 rings (SSSR count). The van der Waals surface area contributed by atoms with Gasteiger partial charge in [0.15, 0.2) is 3.01 Å². The SMILES string of the molecule is O=C(NNI)c1csc(I)n1. The normalized spacial score (nSPS) is 9.64. The summed E-state index contributed by atoms with van der Waals surface area (Å²) in [7, 11) is 0. The smallest absolute Gasteiger partial charge is 0.277 e. The van der Waals surface area contributed by atoms with E-state index in [4.69, 9.17) is 0 Å². The van der Waals surface area contributed by atoms with E-state index >= 15 is 0 Å². The Bertz CT molecular complexity index is 264. The summed E-state index contributed by atoms with van der Waals surface area (Å²) >= 11 is 5.34. The monoisotopic (exact) mass is 395 g/mol. The highest BCUT2D eigenvalue weighted by Gasteiger charge is 2.07. The first-order valence-electron chi connectivity index (χ1n) is 2.51. The summed E-state index contributed by atoms with van der Waals surface area (Å²) in [6.07, 6.45) is 0. The zero-order valence-corrected chi connectivity index (χ0v) is 10.2. The molecule has 7 heteroatoms. The average molecular weight is 395 g/mol. The van der Waals surface area contributed by atoms with Crippen molar-refractivity contribution in [3.63, 3.8) is 0 Å². The number of hydrogen-bond acceptors (Lipinski definition) is 4. The molecule has 0 fully saturated rings. The first kappa shape index (κ1) is 9.61. The molecule has 4 nitrogen and oxygen atoms in total. The van der Waals surface area contributed by atoms with Crippen molar-refractivity contribution in [1.82, 2.24) is 14.0 Å². The lowest BCUT2D eigenvalue weighted by atomic mass is 10.5. The van der Waals surface area contributed by atoms with Crippen molar-refractivity contribution in [2.75, 3.05) is 0 Å². The van der Waals surface area contributed by atoms with Gasteiger partial charge in [-0.15, -0.1) is 11.3 Å². The summed E-state index contributed by atoms with van der Waals surface area (Å²) < 4.78 is 3.37. The van der Waals surface area contributed by atoms with Crippen LogP contribution in [0.4, 0.5) is 0 Å². The van der Waals surface area contributed by atoms with Crippen molar-refractivity contribution >= 4 is 62.7 Å². The Balaban J connectivity index is 2.69. The number of amides is 1. The summed E-state index contributed by atoms with van der Waals surface area (Å²) in [5.41, 5.74) is 2.86. The van der Waals surface area contributed by atoms with E-state index in [2.05, 4.69) is 36.6 Å². The molecule has 11 heavy (non-hydrogen) atoms. The van der Waals surface area contributed by atoms with Gasteiger partial charge >= 0.3 is 0 Å². The second-order valence-electron chi connectivity index (χ2n) is 1.53. The van der Waals surface area contributed by atoms with Gasteiger partial charge in [-0.25, -0.2) is 4.98 Å². The Labute approximate surface area is 94.8 Å². The van der Waals surface area contributed by atoms with Gasteiger partial charge < -0.3 is 0 Å². The molecule has 1 heterocycles. The van der Waals surface area contributed by atoms with Crippen LogP contribution in [0.25, 0.3) is 0 Å². The fraction of sp³-hybridized carbons (Fsp3) is 0. The third-order valence-corrected chi connectivity index (χ3v) is 2.77. The van der Waals surface area contributed by atoms with Crippen LogP contribution in [0.5, 0.6) is 0 Å². The summed E-state index contributed by atoms with van der Waals surface area (Å²) in [4.78, 5) is 15.0. The highest BCUT2D eigenvalue weighted by atomic mass is 127. The van der Waals surface area contributed by atoms with E-state index in [0.29, 0.717) is 5.69 Å². The molecule has 1 aromatic rings. The van der Waals surface area contributed by atoms with Gasteiger partial charge in [0.2, 0.25) is 0 Å². The fourth-order valence-corrected chi connectivity index (χ4v) is 1.87.